The van der Waals surface area contributed by atoms with Crippen LogP contribution >= 0.6 is 0 Å². The van der Waals surface area contributed by atoms with Gasteiger partial charge in [0, 0.05) is 12.5 Å². The Hall–Kier alpha value is -1.06. The molecule has 3 atom stereocenters. The SMILES string of the molecule is CC(C)(C)[C@@H]1CCC[C@H](NC(=O)[C@H]2CCC(=O)N2)CC1. The lowest BCUT2D eigenvalue weighted by Crippen LogP contribution is -2.45. The van der Waals surface area contributed by atoms with Gasteiger partial charge in [0.1, 0.15) is 6.04 Å². The van der Waals surface area contributed by atoms with Crippen molar-refractivity contribution >= 4 is 11.8 Å². The Kier molecular flexibility index (Phi) is 4.71. The lowest BCUT2D eigenvalue weighted by atomic mass is 9.76. The fourth-order valence-corrected chi connectivity index (χ4v) is 3.42. The van der Waals surface area contributed by atoms with Crippen LogP contribution in [0.4, 0.5) is 0 Å². The number of carbonyl (C=O) groups is 2. The molecule has 0 aromatic heterocycles. The fourth-order valence-electron chi connectivity index (χ4n) is 3.42. The molecule has 0 radical (unpaired) electrons. The van der Waals surface area contributed by atoms with Crippen molar-refractivity contribution in [2.45, 2.75) is 77.8 Å². The third kappa shape index (κ3) is 3.97. The average molecular weight is 280 g/mol. The molecular weight excluding hydrogens is 252 g/mol. The van der Waals surface area contributed by atoms with E-state index >= 15 is 0 Å². The zero-order valence-corrected chi connectivity index (χ0v) is 13.0. The summed E-state index contributed by atoms with van der Waals surface area (Å²) in [5, 5.41) is 5.88. The fraction of sp³-hybridized carbons (Fsp3) is 0.875. The second kappa shape index (κ2) is 6.15. The summed E-state index contributed by atoms with van der Waals surface area (Å²) in [6.07, 6.45) is 6.88. The van der Waals surface area contributed by atoms with E-state index in [1.54, 1.807) is 0 Å². The van der Waals surface area contributed by atoms with Crippen molar-refractivity contribution in [2.24, 2.45) is 11.3 Å². The molecule has 0 aromatic carbocycles. The van der Waals surface area contributed by atoms with Gasteiger partial charge in [-0.15, -0.1) is 0 Å². The molecule has 0 aromatic rings. The Morgan fingerprint density at radius 3 is 2.50 bits per heavy atom. The minimum Gasteiger partial charge on any atom is -0.352 e. The molecule has 2 aliphatic rings. The number of hydrogen-bond acceptors (Lipinski definition) is 2. The minimum atomic E-state index is -0.302. The van der Waals surface area contributed by atoms with Gasteiger partial charge in [0.15, 0.2) is 0 Å². The summed E-state index contributed by atoms with van der Waals surface area (Å²) >= 11 is 0. The van der Waals surface area contributed by atoms with E-state index in [4.69, 9.17) is 0 Å². The molecule has 1 aliphatic carbocycles. The summed E-state index contributed by atoms with van der Waals surface area (Å²) in [5.41, 5.74) is 0.359. The molecule has 0 bridgehead atoms. The minimum absolute atomic E-state index is 0.00110. The Morgan fingerprint density at radius 2 is 1.90 bits per heavy atom. The standard InChI is InChI=1S/C16H28N2O2/c1-16(2,3)11-5-4-6-12(8-7-11)17-15(20)13-9-10-14(19)18-13/h11-13H,4-10H2,1-3H3,(H,17,20)(H,18,19)/t11-,12+,13-/m1/s1. The summed E-state index contributed by atoms with van der Waals surface area (Å²) in [4.78, 5) is 23.3. The molecule has 0 unspecified atom stereocenters. The zero-order chi connectivity index (χ0) is 14.8. The third-order valence-corrected chi connectivity index (χ3v) is 4.85. The first kappa shape index (κ1) is 15.3. The van der Waals surface area contributed by atoms with Crippen LogP contribution in [0.1, 0.15) is 65.7 Å². The molecule has 0 spiro atoms. The first-order valence-corrected chi connectivity index (χ1v) is 7.96. The van der Waals surface area contributed by atoms with E-state index in [2.05, 4.69) is 31.4 Å². The maximum absolute atomic E-state index is 12.1. The van der Waals surface area contributed by atoms with Crippen LogP contribution < -0.4 is 10.6 Å². The number of carbonyl (C=O) groups excluding carboxylic acids is 2. The lowest BCUT2D eigenvalue weighted by molar-refractivity contribution is -0.126. The van der Waals surface area contributed by atoms with Gasteiger partial charge in [-0.25, -0.2) is 0 Å². The maximum atomic E-state index is 12.1. The summed E-state index contributed by atoms with van der Waals surface area (Å²) in [6, 6.07) is -0.0171. The van der Waals surface area contributed by atoms with E-state index in [0.717, 1.165) is 18.8 Å². The van der Waals surface area contributed by atoms with Crippen molar-refractivity contribution in [3.8, 4) is 0 Å². The van der Waals surface area contributed by atoms with Crippen molar-refractivity contribution in [3.05, 3.63) is 0 Å². The predicted molar refractivity (Wildman–Crippen MR) is 79.1 cm³/mol. The Bertz CT molecular complexity index is 373. The van der Waals surface area contributed by atoms with Gasteiger partial charge in [0.05, 0.1) is 0 Å². The summed E-state index contributed by atoms with van der Waals surface area (Å²) in [5.74, 6) is 0.754. The molecular formula is C16H28N2O2. The zero-order valence-electron chi connectivity index (χ0n) is 13.0. The molecule has 1 heterocycles. The molecule has 2 N–H and O–H groups in total. The number of hydrogen-bond donors (Lipinski definition) is 2. The normalized spacial score (nSPS) is 31.6. The van der Waals surface area contributed by atoms with Gasteiger partial charge in [-0.2, -0.15) is 0 Å². The van der Waals surface area contributed by atoms with Crippen molar-refractivity contribution in [2.75, 3.05) is 0 Å². The first-order valence-electron chi connectivity index (χ1n) is 7.96. The molecule has 4 heteroatoms. The molecule has 1 saturated heterocycles. The van der Waals surface area contributed by atoms with E-state index in [1.165, 1.54) is 19.3 Å². The molecule has 1 saturated carbocycles. The van der Waals surface area contributed by atoms with Crippen LogP contribution in [0.3, 0.4) is 0 Å². The van der Waals surface area contributed by atoms with Crippen LogP contribution in [-0.4, -0.2) is 23.9 Å². The van der Waals surface area contributed by atoms with Crippen molar-refractivity contribution in [3.63, 3.8) is 0 Å². The molecule has 20 heavy (non-hydrogen) atoms. The van der Waals surface area contributed by atoms with Gasteiger partial charge in [-0.05, 0) is 43.4 Å². The number of rotatable bonds is 2. The highest BCUT2D eigenvalue weighted by atomic mass is 16.2. The molecule has 114 valence electrons. The number of amides is 2. The smallest absolute Gasteiger partial charge is 0.242 e. The van der Waals surface area contributed by atoms with Crippen LogP contribution in [0.25, 0.3) is 0 Å². The van der Waals surface area contributed by atoms with Crippen molar-refractivity contribution in [1.82, 2.24) is 10.6 Å². The monoisotopic (exact) mass is 280 g/mol. The van der Waals surface area contributed by atoms with Gasteiger partial charge in [0.2, 0.25) is 11.8 Å². The van der Waals surface area contributed by atoms with Crippen LogP contribution in [0.2, 0.25) is 0 Å². The van der Waals surface area contributed by atoms with Crippen molar-refractivity contribution in [1.29, 1.82) is 0 Å². The van der Waals surface area contributed by atoms with E-state index in [9.17, 15) is 9.59 Å². The van der Waals surface area contributed by atoms with Gasteiger partial charge in [-0.1, -0.05) is 27.2 Å². The van der Waals surface area contributed by atoms with E-state index < -0.39 is 0 Å². The summed E-state index contributed by atoms with van der Waals surface area (Å²) in [6.45, 7) is 6.93. The molecule has 2 amide bonds. The lowest BCUT2D eigenvalue weighted by Gasteiger charge is -2.29. The highest BCUT2D eigenvalue weighted by Gasteiger charge is 2.31. The van der Waals surface area contributed by atoms with Crippen molar-refractivity contribution < 1.29 is 9.59 Å². The third-order valence-electron chi connectivity index (χ3n) is 4.85. The summed E-state index contributed by atoms with van der Waals surface area (Å²) < 4.78 is 0. The Morgan fingerprint density at radius 1 is 1.15 bits per heavy atom. The van der Waals surface area contributed by atoms with E-state index in [1.807, 2.05) is 0 Å². The second-order valence-corrected chi connectivity index (χ2v) is 7.44. The quantitative estimate of drug-likeness (QED) is 0.763. The molecule has 2 rings (SSSR count). The predicted octanol–water partition coefficient (Wildman–Crippen LogP) is 2.38. The Labute approximate surface area is 122 Å². The van der Waals surface area contributed by atoms with E-state index in [0.29, 0.717) is 18.3 Å². The Balaban J connectivity index is 1.82. The molecule has 2 fully saturated rings. The number of nitrogens with one attached hydrogen (secondary N) is 2. The highest BCUT2D eigenvalue weighted by molar-refractivity contribution is 5.90. The second-order valence-electron chi connectivity index (χ2n) is 7.44. The van der Waals surface area contributed by atoms with Gasteiger partial charge < -0.3 is 10.6 Å². The largest absolute Gasteiger partial charge is 0.352 e. The van der Waals surface area contributed by atoms with Crippen LogP contribution in [0, 0.1) is 11.3 Å². The van der Waals surface area contributed by atoms with Crippen LogP contribution in [-0.2, 0) is 9.59 Å². The highest BCUT2D eigenvalue weighted by Crippen LogP contribution is 2.36. The summed E-state index contributed by atoms with van der Waals surface area (Å²) in [7, 11) is 0. The average Bonchev–Trinajstić information content (AvgIpc) is 2.64. The van der Waals surface area contributed by atoms with Gasteiger partial charge in [0.25, 0.3) is 0 Å². The maximum Gasteiger partial charge on any atom is 0.242 e. The van der Waals surface area contributed by atoms with E-state index in [-0.39, 0.29) is 23.9 Å². The molecule has 4 nitrogen and oxygen atoms in total. The van der Waals surface area contributed by atoms with Gasteiger partial charge >= 0.3 is 0 Å². The van der Waals surface area contributed by atoms with Gasteiger partial charge in [-0.3, -0.25) is 9.59 Å². The molecule has 1 aliphatic heterocycles. The topological polar surface area (TPSA) is 58.2 Å². The van der Waals surface area contributed by atoms with Crippen LogP contribution in [0.5, 0.6) is 0 Å². The van der Waals surface area contributed by atoms with Crippen LogP contribution in [0.15, 0.2) is 0 Å². The first-order chi connectivity index (χ1) is 9.36.